The van der Waals surface area contributed by atoms with Crippen LogP contribution in [-0.2, 0) is 4.79 Å². The zero-order chi connectivity index (χ0) is 13.0. The van der Waals surface area contributed by atoms with Crippen LogP contribution in [0, 0.1) is 5.82 Å². The van der Waals surface area contributed by atoms with Gasteiger partial charge in [0.1, 0.15) is 5.82 Å². The molecule has 3 N–H and O–H groups in total. The molecule has 1 aliphatic rings. The Labute approximate surface area is 107 Å². The van der Waals surface area contributed by atoms with Crippen LogP contribution in [0.5, 0.6) is 0 Å². The van der Waals surface area contributed by atoms with Crippen LogP contribution in [0.25, 0.3) is 0 Å². The third kappa shape index (κ3) is 3.53. The molecule has 0 aromatic heterocycles. The second-order valence-corrected chi connectivity index (χ2v) is 4.91. The average Bonchev–Trinajstić information content (AvgIpc) is 2.82. The maximum absolute atomic E-state index is 12.8. The molecule has 3 nitrogen and oxygen atoms in total. The van der Waals surface area contributed by atoms with Crippen LogP contribution in [0.15, 0.2) is 24.3 Å². The van der Waals surface area contributed by atoms with Gasteiger partial charge in [0, 0.05) is 18.5 Å². The number of hydrogen-bond donors (Lipinski definition) is 2. The Bertz CT molecular complexity index is 399. The van der Waals surface area contributed by atoms with Gasteiger partial charge in [0.2, 0.25) is 5.91 Å². The molecule has 0 saturated heterocycles. The van der Waals surface area contributed by atoms with Crippen molar-refractivity contribution in [1.82, 2.24) is 5.32 Å². The van der Waals surface area contributed by atoms with Gasteiger partial charge < -0.3 is 11.1 Å². The molecule has 0 aliphatic heterocycles. The molecule has 0 radical (unpaired) electrons. The summed E-state index contributed by atoms with van der Waals surface area (Å²) in [5.41, 5.74) is 6.73. The first kappa shape index (κ1) is 13.0. The molecule has 18 heavy (non-hydrogen) atoms. The van der Waals surface area contributed by atoms with Crippen molar-refractivity contribution in [3.63, 3.8) is 0 Å². The van der Waals surface area contributed by atoms with Crippen molar-refractivity contribution in [1.29, 1.82) is 0 Å². The van der Waals surface area contributed by atoms with Crippen LogP contribution in [0.4, 0.5) is 4.39 Å². The average molecular weight is 250 g/mol. The molecule has 1 aliphatic carbocycles. The molecule has 1 atom stereocenters. The largest absolute Gasteiger partial charge is 0.353 e. The summed E-state index contributed by atoms with van der Waals surface area (Å²) in [5.74, 6) is -0.305. The zero-order valence-corrected chi connectivity index (χ0v) is 10.4. The third-order valence-corrected chi connectivity index (χ3v) is 3.42. The van der Waals surface area contributed by atoms with Crippen molar-refractivity contribution in [3.05, 3.63) is 35.6 Å². The Morgan fingerprint density at radius 3 is 2.56 bits per heavy atom. The van der Waals surface area contributed by atoms with Gasteiger partial charge in [-0.05, 0) is 30.5 Å². The van der Waals surface area contributed by atoms with Crippen LogP contribution in [-0.4, -0.2) is 11.9 Å². The van der Waals surface area contributed by atoms with Gasteiger partial charge in [-0.25, -0.2) is 4.39 Å². The van der Waals surface area contributed by atoms with Crippen LogP contribution in [0.1, 0.15) is 43.7 Å². The Kier molecular flexibility index (Phi) is 4.31. The van der Waals surface area contributed by atoms with E-state index in [2.05, 4.69) is 5.32 Å². The van der Waals surface area contributed by atoms with E-state index in [1.54, 1.807) is 12.1 Å². The SMILES string of the molecule is N[C@H](CC(=O)NC1CCCC1)c1ccc(F)cc1. The summed E-state index contributed by atoms with van der Waals surface area (Å²) < 4.78 is 12.8. The van der Waals surface area contributed by atoms with Gasteiger partial charge in [-0.2, -0.15) is 0 Å². The molecule has 1 fully saturated rings. The van der Waals surface area contributed by atoms with Crippen molar-refractivity contribution in [3.8, 4) is 0 Å². The predicted octanol–water partition coefficient (Wildman–Crippen LogP) is 2.27. The van der Waals surface area contributed by atoms with E-state index in [9.17, 15) is 9.18 Å². The van der Waals surface area contributed by atoms with E-state index >= 15 is 0 Å². The first-order valence-corrected chi connectivity index (χ1v) is 6.45. The molecule has 0 spiro atoms. The summed E-state index contributed by atoms with van der Waals surface area (Å²) in [5, 5.41) is 3.00. The van der Waals surface area contributed by atoms with Crippen molar-refractivity contribution in [2.24, 2.45) is 5.73 Å². The quantitative estimate of drug-likeness (QED) is 0.861. The smallest absolute Gasteiger partial charge is 0.222 e. The van der Waals surface area contributed by atoms with Crippen molar-refractivity contribution < 1.29 is 9.18 Å². The molecule has 4 heteroatoms. The normalized spacial score (nSPS) is 17.7. The van der Waals surface area contributed by atoms with Crippen molar-refractivity contribution in [2.45, 2.75) is 44.2 Å². The third-order valence-electron chi connectivity index (χ3n) is 3.42. The van der Waals surface area contributed by atoms with Gasteiger partial charge in [-0.15, -0.1) is 0 Å². The molecule has 1 saturated carbocycles. The van der Waals surface area contributed by atoms with E-state index in [1.165, 1.54) is 25.0 Å². The van der Waals surface area contributed by atoms with Gasteiger partial charge in [0.25, 0.3) is 0 Å². The Morgan fingerprint density at radius 1 is 1.33 bits per heavy atom. The number of carbonyl (C=O) groups excluding carboxylic acids is 1. The number of benzene rings is 1. The first-order chi connectivity index (χ1) is 8.65. The fraction of sp³-hybridized carbons (Fsp3) is 0.500. The Morgan fingerprint density at radius 2 is 1.94 bits per heavy atom. The van der Waals surface area contributed by atoms with Crippen LogP contribution >= 0.6 is 0 Å². The van der Waals surface area contributed by atoms with Gasteiger partial charge in [-0.1, -0.05) is 25.0 Å². The van der Waals surface area contributed by atoms with Crippen molar-refractivity contribution in [2.75, 3.05) is 0 Å². The molecule has 1 aromatic rings. The summed E-state index contributed by atoms with van der Waals surface area (Å²) in [6.45, 7) is 0. The lowest BCUT2D eigenvalue weighted by Crippen LogP contribution is -2.34. The summed E-state index contributed by atoms with van der Waals surface area (Å²) in [6, 6.07) is 5.93. The van der Waals surface area contributed by atoms with Gasteiger partial charge in [0.15, 0.2) is 0 Å². The van der Waals surface area contributed by atoms with E-state index in [-0.39, 0.29) is 24.2 Å². The summed E-state index contributed by atoms with van der Waals surface area (Å²) in [7, 11) is 0. The molecule has 2 rings (SSSR count). The number of carbonyl (C=O) groups is 1. The lowest BCUT2D eigenvalue weighted by atomic mass is 10.0. The molecule has 0 heterocycles. The van der Waals surface area contributed by atoms with Gasteiger partial charge >= 0.3 is 0 Å². The van der Waals surface area contributed by atoms with E-state index in [0.717, 1.165) is 18.4 Å². The Hall–Kier alpha value is -1.42. The summed E-state index contributed by atoms with van der Waals surface area (Å²) in [6.07, 6.45) is 4.76. The molecule has 0 unspecified atom stereocenters. The van der Waals surface area contributed by atoms with Crippen molar-refractivity contribution >= 4 is 5.91 Å². The zero-order valence-electron chi connectivity index (χ0n) is 10.4. The minimum absolute atomic E-state index is 0.0151. The topological polar surface area (TPSA) is 55.1 Å². The molecule has 1 aromatic carbocycles. The first-order valence-electron chi connectivity index (χ1n) is 6.45. The van der Waals surface area contributed by atoms with Crippen LogP contribution in [0.2, 0.25) is 0 Å². The predicted molar refractivity (Wildman–Crippen MR) is 68.3 cm³/mol. The lowest BCUT2D eigenvalue weighted by molar-refractivity contribution is -0.122. The highest BCUT2D eigenvalue weighted by Crippen LogP contribution is 2.19. The molecular formula is C14H19FN2O. The number of nitrogens with one attached hydrogen (secondary N) is 1. The summed E-state index contributed by atoms with van der Waals surface area (Å²) in [4.78, 5) is 11.8. The van der Waals surface area contributed by atoms with Gasteiger partial charge in [-0.3, -0.25) is 4.79 Å². The standard InChI is InChI=1S/C14H19FN2O/c15-11-7-5-10(6-8-11)13(16)9-14(18)17-12-3-1-2-4-12/h5-8,12-13H,1-4,9,16H2,(H,17,18)/t13-/m1/s1. The van der Waals surface area contributed by atoms with E-state index < -0.39 is 0 Å². The number of rotatable bonds is 4. The maximum Gasteiger partial charge on any atom is 0.222 e. The van der Waals surface area contributed by atoms with E-state index in [0.29, 0.717) is 6.04 Å². The highest BCUT2D eigenvalue weighted by molar-refractivity contribution is 5.77. The van der Waals surface area contributed by atoms with E-state index in [4.69, 9.17) is 5.73 Å². The molecule has 0 bridgehead atoms. The molecular weight excluding hydrogens is 231 g/mol. The highest BCUT2D eigenvalue weighted by atomic mass is 19.1. The minimum Gasteiger partial charge on any atom is -0.353 e. The molecule has 1 amide bonds. The Balaban J connectivity index is 1.84. The maximum atomic E-state index is 12.8. The summed E-state index contributed by atoms with van der Waals surface area (Å²) >= 11 is 0. The highest BCUT2D eigenvalue weighted by Gasteiger charge is 2.18. The molecule has 98 valence electrons. The van der Waals surface area contributed by atoms with Crippen LogP contribution < -0.4 is 11.1 Å². The number of hydrogen-bond acceptors (Lipinski definition) is 2. The fourth-order valence-corrected chi connectivity index (χ4v) is 2.38. The number of halogens is 1. The van der Waals surface area contributed by atoms with Gasteiger partial charge in [0.05, 0.1) is 0 Å². The monoisotopic (exact) mass is 250 g/mol. The lowest BCUT2D eigenvalue weighted by Gasteiger charge is -2.15. The number of nitrogens with two attached hydrogens (primary N) is 1. The second kappa shape index (κ2) is 5.96. The minimum atomic E-state index is -0.369. The second-order valence-electron chi connectivity index (χ2n) is 4.91. The number of amides is 1. The van der Waals surface area contributed by atoms with Crippen LogP contribution in [0.3, 0.4) is 0 Å². The fourth-order valence-electron chi connectivity index (χ4n) is 2.38. The van der Waals surface area contributed by atoms with E-state index in [1.807, 2.05) is 0 Å².